The summed E-state index contributed by atoms with van der Waals surface area (Å²) in [5, 5.41) is 3.46. The van der Waals surface area contributed by atoms with Crippen molar-refractivity contribution in [3.63, 3.8) is 0 Å². The smallest absolute Gasteiger partial charge is 0.244 e. The van der Waals surface area contributed by atoms with E-state index >= 15 is 0 Å². The highest BCUT2D eigenvalue weighted by Crippen LogP contribution is 2.21. The van der Waals surface area contributed by atoms with Gasteiger partial charge in [0, 0.05) is 22.1 Å². The Hall–Kier alpha value is -2.40. The van der Waals surface area contributed by atoms with E-state index in [0.29, 0.717) is 5.39 Å². The summed E-state index contributed by atoms with van der Waals surface area (Å²) in [6.45, 7) is 0.141. The van der Waals surface area contributed by atoms with Gasteiger partial charge in [0.15, 0.2) is 5.43 Å². The normalized spacial score (nSPS) is 10.6. The number of carbonyl (C=O) groups excluding carboxylic acids is 1. The van der Waals surface area contributed by atoms with E-state index in [9.17, 15) is 9.59 Å². The molecule has 1 N–H and O–H groups in total. The molecule has 0 atom stereocenters. The highest BCUT2D eigenvalue weighted by molar-refractivity contribution is 9.10. The van der Waals surface area contributed by atoms with Gasteiger partial charge in [-0.3, -0.25) is 9.59 Å². The number of fused-ring (bicyclic) bond motifs is 1. The highest BCUT2D eigenvalue weighted by atomic mass is 79.9. The number of halogens is 1. The lowest BCUT2D eigenvalue weighted by atomic mass is 10.2. The molecule has 0 aliphatic carbocycles. The van der Waals surface area contributed by atoms with Crippen LogP contribution in [0.2, 0.25) is 0 Å². The Kier molecular flexibility index (Phi) is 4.06. The summed E-state index contributed by atoms with van der Waals surface area (Å²) in [5.74, 6) is -0.152. The molecule has 0 aliphatic rings. The molecule has 1 heterocycles. The zero-order chi connectivity index (χ0) is 15.5. The quantitative estimate of drug-likeness (QED) is 0.781. The minimum Gasteiger partial charge on any atom is -0.338 e. The van der Waals surface area contributed by atoms with Crippen molar-refractivity contribution in [3.05, 3.63) is 75.5 Å². The third-order valence-corrected chi connectivity index (χ3v) is 4.04. The fourth-order valence-corrected chi connectivity index (χ4v) is 2.69. The number of nitrogens with zero attached hydrogens (tertiary/aromatic N) is 1. The largest absolute Gasteiger partial charge is 0.338 e. The Bertz CT molecular complexity index is 902. The first-order valence-electron chi connectivity index (χ1n) is 6.78. The van der Waals surface area contributed by atoms with Crippen LogP contribution < -0.4 is 10.7 Å². The average Bonchev–Trinajstić information content (AvgIpc) is 2.53. The first-order valence-corrected chi connectivity index (χ1v) is 7.57. The number of nitrogens with one attached hydrogen (secondary N) is 1. The molecule has 1 amide bonds. The molecular formula is C17H13BrN2O2. The van der Waals surface area contributed by atoms with Gasteiger partial charge in [-0.05, 0) is 40.2 Å². The molecule has 22 heavy (non-hydrogen) atoms. The monoisotopic (exact) mass is 356 g/mol. The minimum absolute atomic E-state index is 0.0435. The first-order chi connectivity index (χ1) is 10.6. The number of benzene rings is 2. The maximum Gasteiger partial charge on any atom is 0.244 e. The molecule has 2 aromatic carbocycles. The standard InChI is InChI=1S/C17H13BrN2O2/c18-13-6-2-3-7-14(13)19-17(22)11-20-10-9-16(21)12-5-1-4-8-15(12)20/h1-10H,11H2,(H,19,22). The second-order valence-corrected chi connectivity index (χ2v) is 5.71. The maximum absolute atomic E-state index is 12.2. The molecule has 4 nitrogen and oxygen atoms in total. The number of amides is 1. The van der Waals surface area contributed by atoms with Crippen molar-refractivity contribution in [2.75, 3.05) is 5.32 Å². The van der Waals surface area contributed by atoms with Gasteiger partial charge in [0.2, 0.25) is 5.91 Å². The molecule has 0 radical (unpaired) electrons. The van der Waals surface area contributed by atoms with Crippen LogP contribution in [0.4, 0.5) is 5.69 Å². The van der Waals surface area contributed by atoms with Crippen LogP contribution in [0.3, 0.4) is 0 Å². The molecule has 0 saturated carbocycles. The number of carbonyl (C=O) groups is 1. The summed E-state index contributed by atoms with van der Waals surface area (Å²) in [6, 6.07) is 16.2. The first kappa shape index (κ1) is 14.5. The fourth-order valence-electron chi connectivity index (χ4n) is 2.31. The van der Waals surface area contributed by atoms with Crippen molar-refractivity contribution >= 4 is 38.4 Å². The lowest BCUT2D eigenvalue weighted by molar-refractivity contribution is -0.116. The molecule has 0 bridgehead atoms. The Morgan fingerprint density at radius 3 is 2.59 bits per heavy atom. The van der Waals surface area contributed by atoms with Crippen molar-refractivity contribution in [2.45, 2.75) is 6.54 Å². The SMILES string of the molecule is O=C(Cn1ccc(=O)c2ccccc21)Nc1ccccc1Br. The second-order valence-electron chi connectivity index (χ2n) is 4.85. The van der Waals surface area contributed by atoms with E-state index in [1.807, 2.05) is 42.5 Å². The molecular weight excluding hydrogens is 344 g/mol. The van der Waals surface area contributed by atoms with Crippen LogP contribution in [0.15, 0.2) is 70.1 Å². The van der Waals surface area contributed by atoms with Crippen LogP contribution in [0.5, 0.6) is 0 Å². The van der Waals surface area contributed by atoms with Gasteiger partial charge < -0.3 is 9.88 Å². The third-order valence-electron chi connectivity index (χ3n) is 3.35. The number of hydrogen-bond donors (Lipinski definition) is 1. The molecule has 3 rings (SSSR count). The molecule has 1 aromatic heterocycles. The highest BCUT2D eigenvalue weighted by Gasteiger charge is 2.08. The van der Waals surface area contributed by atoms with Crippen LogP contribution in [-0.4, -0.2) is 10.5 Å². The Morgan fingerprint density at radius 2 is 1.77 bits per heavy atom. The second kappa shape index (κ2) is 6.15. The molecule has 0 aliphatic heterocycles. The minimum atomic E-state index is -0.152. The number of rotatable bonds is 3. The number of pyridine rings is 1. The number of aromatic nitrogens is 1. The predicted molar refractivity (Wildman–Crippen MR) is 91.0 cm³/mol. The van der Waals surface area contributed by atoms with Crippen molar-refractivity contribution < 1.29 is 4.79 Å². The Balaban J connectivity index is 1.88. The van der Waals surface area contributed by atoms with E-state index in [1.54, 1.807) is 16.8 Å². The van der Waals surface area contributed by atoms with E-state index in [1.165, 1.54) is 6.07 Å². The van der Waals surface area contributed by atoms with E-state index in [2.05, 4.69) is 21.2 Å². The van der Waals surface area contributed by atoms with Gasteiger partial charge in [0.25, 0.3) is 0 Å². The molecule has 5 heteroatoms. The van der Waals surface area contributed by atoms with Gasteiger partial charge in [-0.25, -0.2) is 0 Å². The van der Waals surface area contributed by atoms with Crippen molar-refractivity contribution in [3.8, 4) is 0 Å². The average molecular weight is 357 g/mol. The number of para-hydroxylation sites is 2. The number of anilines is 1. The van der Waals surface area contributed by atoms with Gasteiger partial charge in [0.05, 0.1) is 11.2 Å². The van der Waals surface area contributed by atoms with Gasteiger partial charge >= 0.3 is 0 Å². The summed E-state index contributed by atoms with van der Waals surface area (Å²) in [4.78, 5) is 24.1. The van der Waals surface area contributed by atoms with E-state index in [-0.39, 0.29) is 17.9 Å². The third kappa shape index (κ3) is 2.94. The van der Waals surface area contributed by atoms with Gasteiger partial charge in [-0.2, -0.15) is 0 Å². The van der Waals surface area contributed by atoms with Gasteiger partial charge in [-0.15, -0.1) is 0 Å². The predicted octanol–water partition coefficient (Wildman–Crippen LogP) is 3.40. The summed E-state index contributed by atoms with van der Waals surface area (Å²) < 4.78 is 2.59. The summed E-state index contributed by atoms with van der Waals surface area (Å²) in [5.41, 5.74) is 1.42. The summed E-state index contributed by atoms with van der Waals surface area (Å²) >= 11 is 3.40. The summed E-state index contributed by atoms with van der Waals surface area (Å²) in [7, 11) is 0. The fraction of sp³-hybridized carbons (Fsp3) is 0.0588. The molecule has 110 valence electrons. The zero-order valence-corrected chi connectivity index (χ0v) is 13.2. The van der Waals surface area contributed by atoms with Crippen molar-refractivity contribution in [1.82, 2.24) is 4.57 Å². The molecule has 0 saturated heterocycles. The van der Waals surface area contributed by atoms with E-state index in [4.69, 9.17) is 0 Å². The van der Waals surface area contributed by atoms with Crippen LogP contribution in [0.1, 0.15) is 0 Å². The lowest BCUT2D eigenvalue weighted by Crippen LogP contribution is -2.20. The zero-order valence-electron chi connectivity index (χ0n) is 11.6. The molecule has 3 aromatic rings. The van der Waals surface area contributed by atoms with Gasteiger partial charge in [0.1, 0.15) is 6.54 Å². The maximum atomic E-state index is 12.2. The molecule has 0 spiro atoms. The Morgan fingerprint density at radius 1 is 1.05 bits per heavy atom. The lowest BCUT2D eigenvalue weighted by Gasteiger charge is -2.11. The van der Waals surface area contributed by atoms with Crippen LogP contribution >= 0.6 is 15.9 Å². The summed E-state index contributed by atoms with van der Waals surface area (Å²) in [6.07, 6.45) is 1.64. The van der Waals surface area contributed by atoms with Crippen molar-refractivity contribution in [2.24, 2.45) is 0 Å². The Labute approximate surface area is 135 Å². The number of hydrogen-bond acceptors (Lipinski definition) is 2. The van der Waals surface area contributed by atoms with Gasteiger partial charge in [-0.1, -0.05) is 24.3 Å². The van der Waals surface area contributed by atoms with Crippen LogP contribution in [-0.2, 0) is 11.3 Å². The topological polar surface area (TPSA) is 51.1 Å². The van der Waals surface area contributed by atoms with Crippen LogP contribution in [0, 0.1) is 0 Å². The van der Waals surface area contributed by atoms with E-state index < -0.39 is 0 Å². The molecule has 0 unspecified atom stereocenters. The van der Waals surface area contributed by atoms with Crippen LogP contribution in [0.25, 0.3) is 10.9 Å². The van der Waals surface area contributed by atoms with E-state index in [0.717, 1.165) is 15.7 Å². The molecule has 0 fully saturated rings. The van der Waals surface area contributed by atoms with Crippen molar-refractivity contribution in [1.29, 1.82) is 0 Å².